The largest absolute Gasteiger partial charge is 0.510 e. The Morgan fingerprint density at radius 3 is 2.31 bits per heavy atom. The molecule has 0 saturated carbocycles. The summed E-state index contributed by atoms with van der Waals surface area (Å²) >= 11 is 0. The standard InChI is InChI=1S/C28H36N4O7/c1-30(2)9-7-8-13-12-17(31(3)4)15-10-14-11-16-21(32(5)6)24(35)20(27(29)38)26(37)28(16,39)25(36)18(14)23(34)19(15)22(13)33/h7-8,12,14,16,21,33,35-36,39H,9-11H2,1-6H3,(H2,29,38)/b8-7+/t14-,16-,21+,28-/m0/s1. The molecule has 0 heterocycles. The first-order valence-electron chi connectivity index (χ1n) is 12.7. The summed E-state index contributed by atoms with van der Waals surface area (Å²) in [6, 6.07) is 0.767. The molecule has 0 unspecified atom stereocenters. The van der Waals surface area contributed by atoms with Gasteiger partial charge in [0.2, 0.25) is 5.78 Å². The number of hydrogen-bond acceptors (Lipinski definition) is 10. The number of primary amides is 1. The summed E-state index contributed by atoms with van der Waals surface area (Å²) in [6.07, 6.45) is 3.83. The molecule has 0 fully saturated rings. The second-order valence-corrected chi connectivity index (χ2v) is 11.2. The van der Waals surface area contributed by atoms with Crippen LogP contribution in [0.2, 0.25) is 0 Å². The first-order chi connectivity index (χ1) is 18.1. The Kier molecular flexibility index (Phi) is 7.13. The summed E-state index contributed by atoms with van der Waals surface area (Å²) in [6.45, 7) is 0.599. The number of carbonyl (C=O) groups excluding carboxylic acids is 3. The van der Waals surface area contributed by atoms with Crippen LogP contribution in [-0.4, -0.2) is 108 Å². The van der Waals surface area contributed by atoms with E-state index in [0.29, 0.717) is 23.4 Å². The van der Waals surface area contributed by atoms with Crippen molar-refractivity contribution >= 4 is 29.2 Å². The molecular formula is C28H36N4O7. The van der Waals surface area contributed by atoms with Gasteiger partial charge >= 0.3 is 0 Å². The zero-order chi connectivity index (χ0) is 29.1. The van der Waals surface area contributed by atoms with Crippen LogP contribution in [0.1, 0.15) is 27.9 Å². The average Bonchev–Trinajstić information content (AvgIpc) is 2.81. The van der Waals surface area contributed by atoms with Gasteiger partial charge in [-0.1, -0.05) is 12.2 Å². The van der Waals surface area contributed by atoms with Crippen LogP contribution in [0, 0.1) is 11.8 Å². The van der Waals surface area contributed by atoms with Gasteiger partial charge < -0.3 is 36.0 Å². The molecule has 4 atom stereocenters. The number of Topliss-reactive ketones (excluding diaryl/α,β-unsaturated/α-hetero) is 2. The number of nitrogens with zero attached hydrogens (tertiary/aromatic N) is 3. The lowest BCUT2D eigenvalue weighted by Crippen LogP contribution is -2.63. The smallest absolute Gasteiger partial charge is 0.255 e. The maximum atomic E-state index is 14.0. The van der Waals surface area contributed by atoms with Crippen molar-refractivity contribution in [3.8, 4) is 5.75 Å². The van der Waals surface area contributed by atoms with Crippen molar-refractivity contribution in [3.05, 3.63) is 51.5 Å². The molecule has 0 radical (unpaired) electrons. The number of carbonyl (C=O) groups is 3. The third-order valence-corrected chi connectivity index (χ3v) is 7.98. The third-order valence-electron chi connectivity index (χ3n) is 7.98. The molecule has 4 rings (SSSR count). The van der Waals surface area contributed by atoms with Gasteiger partial charge in [0, 0.05) is 43.4 Å². The zero-order valence-corrected chi connectivity index (χ0v) is 23.0. The molecule has 3 aliphatic carbocycles. The molecule has 0 spiro atoms. The Hall–Kier alpha value is -3.67. The van der Waals surface area contributed by atoms with Gasteiger partial charge in [0.1, 0.15) is 22.8 Å². The highest BCUT2D eigenvalue weighted by Gasteiger charge is 2.63. The molecule has 1 aromatic carbocycles. The van der Waals surface area contributed by atoms with Gasteiger partial charge in [0.25, 0.3) is 5.91 Å². The van der Waals surface area contributed by atoms with Gasteiger partial charge in [-0.05, 0) is 58.6 Å². The van der Waals surface area contributed by atoms with Gasteiger partial charge in [-0.15, -0.1) is 0 Å². The van der Waals surface area contributed by atoms with Crippen molar-refractivity contribution in [2.24, 2.45) is 17.6 Å². The topological polar surface area (TPSA) is 168 Å². The van der Waals surface area contributed by atoms with Crippen molar-refractivity contribution in [2.45, 2.75) is 24.5 Å². The number of allylic oxidation sites excluding steroid dienone is 1. The van der Waals surface area contributed by atoms with Crippen molar-refractivity contribution in [1.82, 2.24) is 9.80 Å². The molecule has 11 heteroatoms. The van der Waals surface area contributed by atoms with E-state index in [2.05, 4.69) is 0 Å². The predicted molar refractivity (Wildman–Crippen MR) is 146 cm³/mol. The number of anilines is 1. The predicted octanol–water partition coefficient (Wildman–Crippen LogP) is 0.761. The Balaban J connectivity index is 1.95. The number of rotatable bonds is 6. The molecule has 39 heavy (non-hydrogen) atoms. The number of hydrogen-bond donors (Lipinski definition) is 5. The molecule has 1 amide bonds. The van der Waals surface area contributed by atoms with E-state index in [9.17, 15) is 34.8 Å². The Labute approximate surface area is 227 Å². The number of nitrogens with two attached hydrogens (primary N) is 1. The number of aliphatic hydroxyl groups is 3. The number of phenolic OH excluding ortho intramolecular Hbond substituents is 1. The van der Waals surface area contributed by atoms with Crippen LogP contribution in [0.4, 0.5) is 5.69 Å². The van der Waals surface area contributed by atoms with Gasteiger partial charge in [0.05, 0.1) is 11.6 Å². The molecule has 0 aromatic heterocycles. The van der Waals surface area contributed by atoms with Crippen LogP contribution in [0.5, 0.6) is 5.75 Å². The van der Waals surface area contributed by atoms with Gasteiger partial charge in [-0.2, -0.15) is 0 Å². The summed E-state index contributed by atoms with van der Waals surface area (Å²) in [5, 5.41) is 45.3. The fourth-order valence-electron chi connectivity index (χ4n) is 6.24. The summed E-state index contributed by atoms with van der Waals surface area (Å²) in [5.41, 5.74) is 3.41. The summed E-state index contributed by atoms with van der Waals surface area (Å²) in [7, 11) is 10.6. The van der Waals surface area contributed by atoms with E-state index in [1.807, 2.05) is 44.1 Å². The van der Waals surface area contributed by atoms with E-state index in [1.54, 1.807) is 26.2 Å². The fraction of sp³-hybridized carbons (Fsp3) is 0.464. The molecule has 3 aliphatic rings. The van der Waals surface area contributed by atoms with Crippen LogP contribution in [0.25, 0.3) is 6.08 Å². The van der Waals surface area contributed by atoms with Crippen molar-refractivity contribution < 1.29 is 34.8 Å². The highest BCUT2D eigenvalue weighted by molar-refractivity contribution is 6.25. The molecule has 11 nitrogen and oxygen atoms in total. The first kappa shape index (κ1) is 28.3. The first-order valence-corrected chi connectivity index (χ1v) is 12.7. The van der Waals surface area contributed by atoms with Crippen LogP contribution in [-0.2, 0) is 16.0 Å². The van der Waals surface area contributed by atoms with Gasteiger partial charge in [-0.3, -0.25) is 19.3 Å². The summed E-state index contributed by atoms with van der Waals surface area (Å²) in [5.74, 6) is -6.62. The fourth-order valence-corrected chi connectivity index (χ4v) is 6.24. The number of fused-ring (bicyclic) bond motifs is 3. The molecule has 0 bridgehead atoms. The van der Waals surface area contributed by atoms with Crippen molar-refractivity contribution in [2.75, 3.05) is 53.7 Å². The van der Waals surface area contributed by atoms with Crippen LogP contribution in [0.15, 0.2) is 34.8 Å². The minimum atomic E-state index is -2.66. The minimum absolute atomic E-state index is 0.00788. The van der Waals surface area contributed by atoms with E-state index >= 15 is 0 Å². The molecule has 0 aliphatic heterocycles. The third kappa shape index (κ3) is 4.21. The van der Waals surface area contributed by atoms with E-state index in [4.69, 9.17) is 5.73 Å². The maximum absolute atomic E-state index is 14.0. The second kappa shape index (κ2) is 9.82. The number of ketones is 2. The molecule has 210 valence electrons. The van der Waals surface area contributed by atoms with Gasteiger partial charge in [0.15, 0.2) is 11.4 Å². The van der Waals surface area contributed by atoms with Crippen molar-refractivity contribution in [3.63, 3.8) is 0 Å². The number of amides is 1. The van der Waals surface area contributed by atoms with E-state index in [1.165, 1.54) is 4.90 Å². The second-order valence-electron chi connectivity index (χ2n) is 11.2. The lowest BCUT2D eigenvalue weighted by Gasteiger charge is -2.50. The molecule has 1 aromatic rings. The Bertz CT molecular complexity index is 1360. The maximum Gasteiger partial charge on any atom is 0.255 e. The number of likely N-dealkylation sites (N-methyl/N-ethyl adjacent to an activating group) is 2. The Morgan fingerprint density at radius 1 is 1.13 bits per heavy atom. The highest BCUT2D eigenvalue weighted by Crippen LogP contribution is 2.53. The van der Waals surface area contributed by atoms with Crippen LogP contribution in [0.3, 0.4) is 0 Å². The lowest BCUT2D eigenvalue weighted by atomic mass is 9.58. The number of aromatic hydroxyl groups is 1. The number of aliphatic hydroxyl groups excluding tert-OH is 2. The number of phenols is 1. The van der Waals surface area contributed by atoms with E-state index < -0.39 is 58.0 Å². The van der Waals surface area contributed by atoms with E-state index in [-0.39, 0.29) is 29.7 Å². The average molecular weight is 541 g/mol. The molecule has 6 N–H and O–H groups in total. The van der Waals surface area contributed by atoms with Gasteiger partial charge in [-0.25, -0.2) is 0 Å². The Morgan fingerprint density at radius 2 is 1.77 bits per heavy atom. The normalized spacial score (nSPS) is 26.8. The minimum Gasteiger partial charge on any atom is -0.510 e. The summed E-state index contributed by atoms with van der Waals surface area (Å²) < 4.78 is 0. The zero-order valence-electron chi connectivity index (χ0n) is 23.0. The lowest BCUT2D eigenvalue weighted by molar-refractivity contribution is -0.148. The van der Waals surface area contributed by atoms with Crippen molar-refractivity contribution in [1.29, 1.82) is 0 Å². The molecule has 0 saturated heterocycles. The van der Waals surface area contributed by atoms with Crippen LogP contribution < -0.4 is 10.6 Å². The summed E-state index contributed by atoms with van der Waals surface area (Å²) in [4.78, 5) is 44.8. The van der Waals surface area contributed by atoms with E-state index in [0.717, 1.165) is 0 Å². The van der Waals surface area contributed by atoms with Crippen LogP contribution >= 0.6 is 0 Å². The highest BCUT2D eigenvalue weighted by atomic mass is 16.3. The molecular weight excluding hydrogens is 504 g/mol. The monoisotopic (exact) mass is 540 g/mol. The quantitative estimate of drug-likeness (QED) is 0.325. The SMILES string of the molecule is CN(C)C/C=C/c1cc(N(C)C)c2c(c1O)C(=O)C1=C(O)[C@]3(O)C(=O)C(C(N)=O)=C(O)[C@H](N(C)C)[C@@H]3C[C@@H]1C2. The number of benzene rings is 1.